The van der Waals surface area contributed by atoms with Gasteiger partial charge in [0, 0.05) is 15.4 Å². The molecule has 0 fully saturated rings. The zero-order valence-electron chi connectivity index (χ0n) is 10.9. The normalized spacial score (nSPS) is 13.2. The third kappa shape index (κ3) is 2.56. The van der Waals surface area contributed by atoms with E-state index in [2.05, 4.69) is 12.1 Å². The summed E-state index contributed by atoms with van der Waals surface area (Å²) in [5.74, 6) is -0.443. The largest absolute Gasteiger partial charge is 0.384 e. The summed E-state index contributed by atoms with van der Waals surface area (Å²) in [6.07, 6.45) is 3.49. The van der Waals surface area contributed by atoms with Crippen LogP contribution in [-0.4, -0.2) is 5.84 Å². The number of nitrogens with two attached hydrogens (primary N) is 1. The zero-order valence-corrected chi connectivity index (χ0v) is 11.8. The first kappa shape index (κ1) is 13.2. The number of rotatable bonds is 3. The van der Waals surface area contributed by atoms with Gasteiger partial charge in [0.25, 0.3) is 0 Å². The highest BCUT2D eigenvalue weighted by Gasteiger charge is 2.12. The molecule has 0 amide bonds. The molecule has 0 atom stereocenters. The Morgan fingerprint density at radius 2 is 1.90 bits per heavy atom. The van der Waals surface area contributed by atoms with E-state index >= 15 is 0 Å². The summed E-state index contributed by atoms with van der Waals surface area (Å²) in [6.45, 7) is 0. The lowest BCUT2D eigenvalue weighted by Gasteiger charge is -2.07. The fraction of sp³-hybridized carbons (Fsp3) is 0.188. The molecule has 0 saturated carbocycles. The summed E-state index contributed by atoms with van der Waals surface area (Å²) in [5.41, 5.74) is 8.58. The Morgan fingerprint density at radius 3 is 2.65 bits per heavy atom. The second-order valence-electron chi connectivity index (χ2n) is 4.95. The molecule has 2 aromatic rings. The van der Waals surface area contributed by atoms with Crippen molar-refractivity contribution < 1.29 is 4.39 Å². The number of hydrogen-bond donors (Lipinski definition) is 2. The Bertz CT molecular complexity index is 682. The van der Waals surface area contributed by atoms with Crippen LogP contribution in [0.3, 0.4) is 0 Å². The maximum absolute atomic E-state index is 14.0. The average molecular weight is 286 g/mol. The number of fused-ring (bicyclic) bond motifs is 1. The van der Waals surface area contributed by atoms with Crippen molar-refractivity contribution in [1.82, 2.24) is 0 Å². The van der Waals surface area contributed by atoms with E-state index < -0.39 is 0 Å². The lowest BCUT2D eigenvalue weighted by atomic mass is 10.1. The predicted octanol–water partition coefficient (Wildman–Crippen LogP) is 3.75. The minimum absolute atomic E-state index is 0.113. The first-order valence-corrected chi connectivity index (χ1v) is 7.39. The van der Waals surface area contributed by atoms with Crippen LogP contribution < -0.4 is 5.73 Å². The molecular weight excluding hydrogens is 271 g/mol. The number of nitrogens with one attached hydrogen (secondary N) is 1. The van der Waals surface area contributed by atoms with Gasteiger partial charge in [0.2, 0.25) is 0 Å². The van der Waals surface area contributed by atoms with Gasteiger partial charge < -0.3 is 5.73 Å². The van der Waals surface area contributed by atoms with Crippen LogP contribution in [0, 0.1) is 11.2 Å². The van der Waals surface area contributed by atoms with Crippen LogP contribution in [-0.2, 0) is 12.8 Å². The number of amidine groups is 1. The summed E-state index contributed by atoms with van der Waals surface area (Å²) in [6, 6.07) is 11.0. The van der Waals surface area contributed by atoms with Crippen LogP contribution in [0.5, 0.6) is 0 Å². The minimum Gasteiger partial charge on any atom is -0.384 e. The summed E-state index contributed by atoms with van der Waals surface area (Å²) in [4.78, 5) is 1.62. The number of nitrogen functional groups attached to an aromatic ring is 1. The molecule has 0 heterocycles. The molecule has 0 radical (unpaired) electrons. The Hall–Kier alpha value is -1.81. The minimum atomic E-state index is -0.330. The number of hydrogen-bond acceptors (Lipinski definition) is 2. The fourth-order valence-corrected chi connectivity index (χ4v) is 3.37. The van der Waals surface area contributed by atoms with E-state index in [-0.39, 0.29) is 11.7 Å². The van der Waals surface area contributed by atoms with Gasteiger partial charge in [-0.1, -0.05) is 17.8 Å². The molecule has 0 bridgehead atoms. The molecule has 0 saturated heterocycles. The van der Waals surface area contributed by atoms with E-state index in [1.165, 1.54) is 35.4 Å². The van der Waals surface area contributed by atoms with E-state index in [0.29, 0.717) is 10.5 Å². The highest BCUT2D eigenvalue weighted by molar-refractivity contribution is 7.99. The van der Waals surface area contributed by atoms with Crippen molar-refractivity contribution >= 4 is 17.6 Å². The molecule has 0 spiro atoms. The fourth-order valence-electron chi connectivity index (χ4n) is 2.49. The van der Waals surface area contributed by atoms with Gasteiger partial charge in [0.1, 0.15) is 11.7 Å². The van der Waals surface area contributed by atoms with Crippen LogP contribution in [0.25, 0.3) is 0 Å². The molecule has 1 aliphatic carbocycles. The van der Waals surface area contributed by atoms with Gasteiger partial charge in [-0.05, 0) is 60.7 Å². The van der Waals surface area contributed by atoms with Crippen LogP contribution in [0.1, 0.15) is 23.1 Å². The van der Waals surface area contributed by atoms with Gasteiger partial charge >= 0.3 is 0 Å². The highest BCUT2D eigenvalue weighted by atomic mass is 32.2. The molecule has 2 nitrogen and oxygen atoms in total. The number of halogens is 1. The Morgan fingerprint density at radius 1 is 1.10 bits per heavy atom. The van der Waals surface area contributed by atoms with Crippen LogP contribution in [0.2, 0.25) is 0 Å². The highest BCUT2D eigenvalue weighted by Crippen LogP contribution is 2.33. The van der Waals surface area contributed by atoms with Crippen molar-refractivity contribution in [2.45, 2.75) is 29.1 Å². The summed E-state index contributed by atoms with van der Waals surface area (Å²) < 4.78 is 14.0. The molecule has 0 aromatic heterocycles. The lowest BCUT2D eigenvalue weighted by Crippen LogP contribution is -2.11. The molecule has 102 valence electrons. The molecule has 1 aliphatic rings. The van der Waals surface area contributed by atoms with Crippen molar-refractivity contribution in [3.63, 3.8) is 0 Å². The van der Waals surface area contributed by atoms with Crippen molar-refractivity contribution in [2.75, 3.05) is 0 Å². The van der Waals surface area contributed by atoms with Crippen LogP contribution in [0.4, 0.5) is 4.39 Å². The molecule has 3 N–H and O–H groups in total. The number of benzene rings is 2. The van der Waals surface area contributed by atoms with Crippen LogP contribution in [0.15, 0.2) is 46.2 Å². The van der Waals surface area contributed by atoms with Gasteiger partial charge in [0.05, 0.1) is 0 Å². The van der Waals surface area contributed by atoms with Gasteiger partial charge in [-0.15, -0.1) is 0 Å². The van der Waals surface area contributed by atoms with Crippen molar-refractivity contribution in [1.29, 1.82) is 5.41 Å². The predicted molar refractivity (Wildman–Crippen MR) is 80.0 cm³/mol. The molecule has 0 aliphatic heterocycles. The molecule has 4 heteroatoms. The van der Waals surface area contributed by atoms with E-state index in [0.717, 1.165) is 17.7 Å². The van der Waals surface area contributed by atoms with Gasteiger partial charge in [-0.2, -0.15) is 0 Å². The van der Waals surface area contributed by atoms with Gasteiger partial charge in [0.15, 0.2) is 0 Å². The average Bonchev–Trinajstić information content (AvgIpc) is 2.88. The maximum atomic E-state index is 14.0. The van der Waals surface area contributed by atoms with E-state index in [1.54, 1.807) is 12.1 Å². The molecule has 20 heavy (non-hydrogen) atoms. The quantitative estimate of drug-likeness (QED) is 0.667. The summed E-state index contributed by atoms with van der Waals surface area (Å²) >= 11 is 1.41. The standard InChI is InChI=1S/C16H15FN2S/c17-14-9-12(16(18)19)5-7-15(14)20-13-6-4-10-2-1-3-11(10)8-13/h4-9H,1-3H2,(H3,18,19). The van der Waals surface area contributed by atoms with Crippen molar-refractivity contribution in [2.24, 2.45) is 5.73 Å². The summed E-state index contributed by atoms with van der Waals surface area (Å²) in [5, 5.41) is 7.31. The Labute approximate surface area is 121 Å². The third-order valence-corrected chi connectivity index (χ3v) is 4.58. The molecule has 2 aromatic carbocycles. The lowest BCUT2D eigenvalue weighted by molar-refractivity contribution is 0.601. The smallest absolute Gasteiger partial charge is 0.137 e. The first-order chi connectivity index (χ1) is 9.63. The summed E-state index contributed by atoms with van der Waals surface area (Å²) in [7, 11) is 0. The molecular formula is C16H15FN2S. The van der Waals surface area contributed by atoms with E-state index in [1.807, 2.05) is 6.07 Å². The molecule has 0 unspecified atom stereocenters. The number of aryl methyl sites for hydroxylation is 2. The van der Waals surface area contributed by atoms with Crippen molar-refractivity contribution in [3.8, 4) is 0 Å². The Balaban J connectivity index is 1.86. The monoisotopic (exact) mass is 286 g/mol. The first-order valence-electron chi connectivity index (χ1n) is 6.57. The topological polar surface area (TPSA) is 49.9 Å². The molecule has 3 rings (SSSR count). The van der Waals surface area contributed by atoms with Crippen LogP contribution >= 0.6 is 11.8 Å². The van der Waals surface area contributed by atoms with Gasteiger partial charge in [-0.3, -0.25) is 5.41 Å². The van der Waals surface area contributed by atoms with Crippen molar-refractivity contribution in [3.05, 3.63) is 58.9 Å². The second-order valence-corrected chi connectivity index (χ2v) is 6.06. The second kappa shape index (κ2) is 5.29. The van der Waals surface area contributed by atoms with E-state index in [4.69, 9.17) is 11.1 Å². The van der Waals surface area contributed by atoms with E-state index in [9.17, 15) is 4.39 Å². The Kier molecular flexibility index (Phi) is 3.49. The zero-order chi connectivity index (χ0) is 14.1. The van der Waals surface area contributed by atoms with Gasteiger partial charge in [-0.25, -0.2) is 4.39 Å². The maximum Gasteiger partial charge on any atom is 0.137 e. The SMILES string of the molecule is N=C(N)c1ccc(Sc2ccc3c(c2)CCC3)c(F)c1. The third-order valence-electron chi connectivity index (χ3n) is 3.54.